The highest BCUT2D eigenvalue weighted by Gasteiger charge is 2.19. The number of halogens is 2. The monoisotopic (exact) mass is 333 g/mol. The number of ether oxygens (including phenoxy) is 1. The molecule has 1 aromatic carbocycles. The van der Waals surface area contributed by atoms with E-state index in [2.05, 4.69) is 34.6 Å². The van der Waals surface area contributed by atoms with Crippen LogP contribution in [-0.2, 0) is 6.42 Å². The number of benzene rings is 1. The van der Waals surface area contributed by atoms with Crippen LogP contribution in [0.5, 0.6) is 5.75 Å². The summed E-state index contributed by atoms with van der Waals surface area (Å²) in [5.74, 6) is 1.39. The van der Waals surface area contributed by atoms with Crippen molar-refractivity contribution in [2.24, 2.45) is 5.73 Å². The molecule has 0 aliphatic heterocycles. The highest BCUT2D eigenvalue weighted by molar-refractivity contribution is 6.31. The van der Waals surface area contributed by atoms with Crippen LogP contribution in [0.15, 0.2) is 6.07 Å². The highest BCUT2D eigenvalue weighted by Crippen LogP contribution is 2.37. The summed E-state index contributed by atoms with van der Waals surface area (Å²) in [7, 11) is 0. The SMILES string of the molecule is CCCOc1c(C(C)C)cc(Cl)c(C)c1CC(N)CC.Cl. The van der Waals surface area contributed by atoms with E-state index < -0.39 is 0 Å². The van der Waals surface area contributed by atoms with E-state index in [4.69, 9.17) is 22.1 Å². The van der Waals surface area contributed by atoms with Gasteiger partial charge in [0, 0.05) is 16.6 Å². The maximum Gasteiger partial charge on any atom is 0.126 e. The van der Waals surface area contributed by atoms with E-state index in [1.807, 2.05) is 6.07 Å². The predicted octanol–water partition coefficient (Wildman–Crippen LogP) is 5.26. The zero-order valence-corrected chi connectivity index (χ0v) is 15.4. The fourth-order valence-electron chi connectivity index (χ4n) is 2.25. The summed E-state index contributed by atoms with van der Waals surface area (Å²) in [5, 5.41) is 0.816. The van der Waals surface area contributed by atoms with Crippen LogP contribution >= 0.6 is 24.0 Å². The smallest absolute Gasteiger partial charge is 0.126 e. The molecule has 2 N–H and O–H groups in total. The summed E-state index contributed by atoms with van der Waals surface area (Å²) in [6.07, 6.45) is 2.77. The standard InChI is InChI=1S/C17H28ClNO.ClH/c1-6-8-20-17-14(11(3)4)10-16(18)12(5)15(17)9-13(19)7-2;/h10-11,13H,6-9,19H2,1-5H3;1H. The van der Waals surface area contributed by atoms with Crippen LogP contribution < -0.4 is 10.5 Å². The number of nitrogens with two attached hydrogens (primary N) is 1. The number of rotatable bonds is 7. The first-order chi connectivity index (χ1) is 9.42. The first-order valence-electron chi connectivity index (χ1n) is 7.62. The zero-order chi connectivity index (χ0) is 15.3. The largest absolute Gasteiger partial charge is 0.493 e. The quantitative estimate of drug-likeness (QED) is 0.738. The molecule has 0 saturated heterocycles. The van der Waals surface area contributed by atoms with E-state index in [0.29, 0.717) is 5.92 Å². The molecule has 0 spiro atoms. The summed E-state index contributed by atoms with van der Waals surface area (Å²) in [6.45, 7) is 11.4. The Bertz CT molecular complexity index is 447. The molecular formula is C17H29Cl2NO. The molecule has 1 aromatic rings. The normalized spacial score (nSPS) is 12.2. The predicted molar refractivity (Wildman–Crippen MR) is 95.3 cm³/mol. The van der Waals surface area contributed by atoms with Gasteiger partial charge in [-0.05, 0) is 49.3 Å². The molecule has 4 heteroatoms. The molecule has 0 saturated carbocycles. The van der Waals surface area contributed by atoms with E-state index in [1.54, 1.807) is 0 Å². The summed E-state index contributed by atoms with van der Waals surface area (Å²) in [6, 6.07) is 2.20. The lowest BCUT2D eigenvalue weighted by molar-refractivity contribution is 0.308. The lowest BCUT2D eigenvalue weighted by Gasteiger charge is -2.22. The molecule has 0 aliphatic rings. The molecule has 0 aliphatic carbocycles. The summed E-state index contributed by atoms with van der Waals surface area (Å²) in [4.78, 5) is 0. The average Bonchev–Trinajstić information content (AvgIpc) is 2.42. The Balaban J connectivity index is 0.00000400. The number of hydrogen-bond acceptors (Lipinski definition) is 2. The maximum atomic E-state index is 6.40. The first kappa shape index (κ1) is 20.6. The second-order valence-corrected chi connectivity index (χ2v) is 6.16. The number of hydrogen-bond donors (Lipinski definition) is 1. The molecule has 1 rings (SSSR count). The second kappa shape index (κ2) is 9.55. The van der Waals surface area contributed by atoms with E-state index in [-0.39, 0.29) is 18.4 Å². The molecule has 0 radical (unpaired) electrons. The molecule has 0 heterocycles. The van der Waals surface area contributed by atoms with Crippen LogP contribution in [-0.4, -0.2) is 12.6 Å². The molecule has 1 unspecified atom stereocenters. The van der Waals surface area contributed by atoms with Crippen molar-refractivity contribution in [2.75, 3.05) is 6.61 Å². The van der Waals surface area contributed by atoms with Crippen molar-refractivity contribution in [2.45, 2.75) is 65.8 Å². The molecule has 0 aromatic heterocycles. The Hall–Kier alpha value is -0.440. The Morgan fingerprint density at radius 1 is 1.29 bits per heavy atom. The molecular weight excluding hydrogens is 305 g/mol. The lowest BCUT2D eigenvalue weighted by atomic mass is 9.92. The van der Waals surface area contributed by atoms with Gasteiger partial charge in [0.2, 0.25) is 0 Å². The zero-order valence-electron chi connectivity index (χ0n) is 13.8. The van der Waals surface area contributed by atoms with E-state index in [1.165, 1.54) is 11.1 Å². The Kier molecular flexibility index (Phi) is 9.35. The van der Waals surface area contributed by atoms with Crippen molar-refractivity contribution in [3.63, 3.8) is 0 Å². The highest BCUT2D eigenvalue weighted by atomic mass is 35.5. The minimum absolute atomic E-state index is 0. The van der Waals surface area contributed by atoms with Crippen molar-refractivity contribution in [3.8, 4) is 5.75 Å². The molecule has 21 heavy (non-hydrogen) atoms. The van der Waals surface area contributed by atoms with Crippen LogP contribution in [0.25, 0.3) is 0 Å². The van der Waals surface area contributed by atoms with Crippen LogP contribution in [0.1, 0.15) is 63.1 Å². The van der Waals surface area contributed by atoms with Gasteiger partial charge >= 0.3 is 0 Å². The van der Waals surface area contributed by atoms with Crippen LogP contribution in [0, 0.1) is 6.92 Å². The second-order valence-electron chi connectivity index (χ2n) is 5.76. The van der Waals surface area contributed by atoms with Crippen LogP contribution in [0.4, 0.5) is 0 Å². The Labute approximate surface area is 140 Å². The topological polar surface area (TPSA) is 35.2 Å². The molecule has 2 nitrogen and oxygen atoms in total. The first-order valence-corrected chi connectivity index (χ1v) is 8.00. The van der Waals surface area contributed by atoms with E-state index in [0.717, 1.165) is 42.2 Å². The molecule has 1 atom stereocenters. The van der Waals surface area contributed by atoms with Crippen molar-refractivity contribution in [1.82, 2.24) is 0 Å². The molecule has 122 valence electrons. The van der Waals surface area contributed by atoms with E-state index >= 15 is 0 Å². The fourth-order valence-corrected chi connectivity index (χ4v) is 2.49. The fraction of sp³-hybridized carbons (Fsp3) is 0.647. The van der Waals surface area contributed by atoms with Gasteiger partial charge in [0.1, 0.15) is 5.75 Å². The van der Waals surface area contributed by atoms with Gasteiger partial charge in [-0.2, -0.15) is 0 Å². The third-order valence-corrected chi connectivity index (χ3v) is 4.09. The molecule has 0 bridgehead atoms. The van der Waals surface area contributed by atoms with Gasteiger partial charge < -0.3 is 10.5 Å². The summed E-state index contributed by atoms with van der Waals surface area (Å²) in [5.41, 5.74) is 9.62. The van der Waals surface area contributed by atoms with Crippen LogP contribution in [0.3, 0.4) is 0 Å². The van der Waals surface area contributed by atoms with Gasteiger partial charge in [-0.3, -0.25) is 0 Å². The van der Waals surface area contributed by atoms with Gasteiger partial charge in [0.25, 0.3) is 0 Å². The molecule has 0 amide bonds. The van der Waals surface area contributed by atoms with Crippen molar-refractivity contribution >= 4 is 24.0 Å². The molecule has 0 fully saturated rings. The van der Waals surface area contributed by atoms with Crippen LogP contribution in [0.2, 0.25) is 5.02 Å². The van der Waals surface area contributed by atoms with Crippen molar-refractivity contribution in [3.05, 3.63) is 27.8 Å². The maximum absolute atomic E-state index is 6.40. The van der Waals surface area contributed by atoms with Gasteiger partial charge in [-0.15, -0.1) is 12.4 Å². The van der Waals surface area contributed by atoms with Gasteiger partial charge in [0.15, 0.2) is 0 Å². The van der Waals surface area contributed by atoms with Crippen molar-refractivity contribution < 1.29 is 4.74 Å². The summed E-state index contributed by atoms with van der Waals surface area (Å²) < 4.78 is 6.05. The third-order valence-electron chi connectivity index (χ3n) is 3.69. The minimum Gasteiger partial charge on any atom is -0.493 e. The Morgan fingerprint density at radius 2 is 1.90 bits per heavy atom. The van der Waals surface area contributed by atoms with Gasteiger partial charge in [-0.1, -0.05) is 39.3 Å². The third kappa shape index (κ3) is 5.36. The van der Waals surface area contributed by atoms with Gasteiger partial charge in [0.05, 0.1) is 6.61 Å². The Morgan fingerprint density at radius 3 is 2.38 bits per heavy atom. The summed E-state index contributed by atoms with van der Waals surface area (Å²) >= 11 is 6.40. The minimum atomic E-state index is 0. The van der Waals surface area contributed by atoms with Crippen molar-refractivity contribution in [1.29, 1.82) is 0 Å². The van der Waals surface area contributed by atoms with E-state index in [9.17, 15) is 0 Å². The lowest BCUT2D eigenvalue weighted by Crippen LogP contribution is -2.23. The average molecular weight is 334 g/mol. The van der Waals surface area contributed by atoms with Gasteiger partial charge in [-0.25, -0.2) is 0 Å².